The van der Waals surface area contributed by atoms with Gasteiger partial charge in [0.05, 0.1) is 18.7 Å². The Balaban J connectivity index is 1.60. The zero-order valence-corrected chi connectivity index (χ0v) is 13.7. The van der Waals surface area contributed by atoms with Gasteiger partial charge >= 0.3 is 0 Å². The molecule has 0 atom stereocenters. The van der Waals surface area contributed by atoms with E-state index in [0.29, 0.717) is 11.5 Å². The summed E-state index contributed by atoms with van der Waals surface area (Å²) in [4.78, 5) is 40.4. The predicted octanol–water partition coefficient (Wildman–Crippen LogP) is 0.711. The summed E-state index contributed by atoms with van der Waals surface area (Å²) in [6, 6.07) is 10.2. The Morgan fingerprint density at radius 2 is 2.00 bits per heavy atom. The van der Waals surface area contributed by atoms with Gasteiger partial charge < -0.3 is 15.6 Å². The lowest BCUT2D eigenvalue weighted by Gasteiger charge is -2.10. The van der Waals surface area contributed by atoms with Crippen LogP contribution in [0.25, 0.3) is 0 Å². The molecule has 1 aromatic heterocycles. The van der Waals surface area contributed by atoms with E-state index in [-0.39, 0.29) is 35.0 Å². The topological polar surface area (TPSA) is 122 Å². The van der Waals surface area contributed by atoms with Crippen LogP contribution in [0.3, 0.4) is 0 Å². The smallest absolute Gasteiger partial charge is 0.255 e. The van der Waals surface area contributed by atoms with Gasteiger partial charge in [0.2, 0.25) is 5.91 Å². The molecule has 2 aromatic rings. The molecular weight excluding hydrogens is 344 g/mol. The summed E-state index contributed by atoms with van der Waals surface area (Å²) < 4.78 is 0.152. The third-order valence-corrected chi connectivity index (χ3v) is 3.46. The fraction of sp³-hybridized carbons (Fsp3) is 0.133. The molecule has 0 saturated carbocycles. The maximum absolute atomic E-state index is 12.0. The normalized spacial score (nSPS) is 13.5. The first-order valence-corrected chi connectivity index (χ1v) is 7.75. The summed E-state index contributed by atoms with van der Waals surface area (Å²) in [6.45, 7) is -0.118. The van der Waals surface area contributed by atoms with E-state index in [9.17, 15) is 14.4 Å². The number of hydrazone groups is 1. The summed E-state index contributed by atoms with van der Waals surface area (Å²) in [5, 5.41) is 10.7. The molecule has 1 aliphatic rings. The third-order valence-electron chi connectivity index (χ3n) is 3.26. The number of benzene rings is 1. The Kier molecular flexibility index (Phi) is 4.70. The van der Waals surface area contributed by atoms with Crippen LogP contribution < -0.4 is 21.2 Å². The van der Waals surface area contributed by atoms with Gasteiger partial charge in [-0.2, -0.15) is 10.1 Å². The van der Waals surface area contributed by atoms with Crippen LogP contribution in [0.4, 0.5) is 11.5 Å². The quantitative estimate of drug-likeness (QED) is 0.600. The van der Waals surface area contributed by atoms with Crippen LogP contribution in [0, 0.1) is 4.77 Å². The van der Waals surface area contributed by atoms with Gasteiger partial charge in [0, 0.05) is 6.07 Å². The molecule has 0 radical (unpaired) electrons. The van der Waals surface area contributed by atoms with Gasteiger partial charge in [0.25, 0.3) is 11.5 Å². The number of amidine groups is 1. The SMILES string of the molecule is O=C(CNc1cc(=O)[nH]c(=S)[nH]1)NC1=NN(c2ccccc2)C(=O)C1. The standard InChI is InChI=1S/C15H14N6O3S/c22-12-6-10(18-15(25)19-12)16-8-13(23)17-11-7-14(24)21(20-11)9-4-2-1-3-5-9/h1-6H,7-8H2,(H,17,20,23)(H3,16,18,19,22,25). The van der Waals surface area contributed by atoms with Gasteiger partial charge in [0.15, 0.2) is 4.77 Å². The molecule has 0 bridgehead atoms. The minimum Gasteiger partial charge on any atom is -0.362 e. The van der Waals surface area contributed by atoms with E-state index in [1.165, 1.54) is 11.1 Å². The number of nitrogens with zero attached hydrogens (tertiary/aromatic N) is 2. The van der Waals surface area contributed by atoms with Gasteiger partial charge in [-0.25, -0.2) is 0 Å². The molecule has 0 saturated heterocycles. The second kappa shape index (κ2) is 7.09. The van der Waals surface area contributed by atoms with Crippen molar-refractivity contribution in [3.05, 3.63) is 51.5 Å². The maximum atomic E-state index is 12.0. The van der Waals surface area contributed by atoms with E-state index in [2.05, 4.69) is 25.7 Å². The number of nitrogens with one attached hydrogen (secondary N) is 4. The third kappa shape index (κ3) is 4.18. The zero-order valence-electron chi connectivity index (χ0n) is 12.9. The van der Waals surface area contributed by atoms with Gasteiger partial charge in [-0.3, -0.25) is 19.4 Å². The van der Waals surface area contributed by atoms with E-state index in [4.69, 9.17) is 12.2 Å². The highest BCUT2D eigenvalue weighted by Crippen LogP contribution is 2.18. The van der Waals surface area contributed by atoms with Crippen molar-refractivity contribution < 1.29 is 9.59 Å². The largest absolute Gasteiger partial charge is 0.362 e. The number of para-hydroxylation sites is 1. The van der Waals surface area contributed by atoms with Crippen molar-refractivity contribution in [3.63, 3.8) is 0 Å². The van der Waals surface area contributed by atoms with Gasteiger partial charge in [-0.05, 0) is 24.4 Å². The van der Waals surface area contributed by atoms with Crippen molar-refractivity contribution in [2.75, 3.05) is 16.9 Å². The molecular formula is C15H14N6O3S. The molecule has 10 heteroatoms. The molecule has 3 rings (SSSR count). The average molecular weight is 358 g/mol. The average Bonchev–Trinajstić information content (AvgIpc) is 2.93. The zero-order chi connectivity index (χ0) is 17.8. The predicted molar refractivity (Wildman–Crippen MR) is 94.9 cm³/mol. The molecule has 1 aromatic carbocycles. The summed E-state index contributed by atoms with van der Waals surface area (Å²) in [5.74, 6) is -0.0482. The first-order valence-electron chi connectivity index (χ1n) is 7.34. The first kappa shape index (κ1) is 16.6. The van der Waals surface area contributed by atoms with Crippen molar-refractivity contribution in [3.8, 4) is 0 Å². The molecule has 25 heavy (non-hydrogen) atoms. The molecule has 0 aliphatic carbocycles. The maximum Gasteiger partial charge on any atom is 0.255 e. The van der Waals surface area contributed by atoms with Crippen LogP contribution in [0.2, 0.25) is 0 Å². The molecule has 0 fully saturated rings. The molecule has 1 aliphatic heterocycles. The Labute approximate surface area is 146 Å². The summed E-state index contributed by atoms with van der Waals surface area (Å²) in [7, 11) is 0. The lowest BCUT2D eigenvalue weighted by atomic mass is 10.3. The van der Waals surface area contributed by atoms with Crippen molar-refractivity contribution in [1.82, 2.24) is 15.3 Å². The number of hydrogen-bond acceptors (Lipinski definition) is 6. The number of H-pyrrole nitrogens is 2. The number of anilines is 2. The van der Waals surface area contributed by atoms with E-state index < -0.39 is 5.91 Å². The minimum atomic E-state index is -0.402. The Bertz CT molecular complexity index is 921. The fourth-order valence-corrected chi connectivity index (χ4v) is 2.43. The van der Waals surface area contributed by atoms with E-state index in [0.717, 1.165) is 0 Å². The number of rotatable bonds is 4. The van der Waals surface area contributed by atoms with Crippen molar-refractivity contribution in [1.29, 1.82) is 0 Å². The van der Waals surface area contributed by atoms with Crippen LogP contribution in [0.1, 0.15) is 6.42 Å². The number of hydrogen-bond donors (Lipinski definition) is 4. The minimum absolute atomic E-state index is 0.00801. The molecule has 4 N–H and O–H groups in total. The van der Waals surface area contributed by atoms with E-state index in [1.807, 2.05) is 6.07 Å². The highest BCUT2D eigenvalue weighted by atomic mass is 32.1. The number of aromatic nitrogens is 2. The van der Waals surface area contributed by atoms with Crippen LogP contribution in [0.15, 0.2) is 46.3 Å². The number of carbonyl (C=O) groups is 2. The lowest BCUT2D eigenvalue weighted by Crippen LogP contribution is -2.34. The highest BCUT2D eigenvalue weighted by Gasteiger charge is 2.26. The molecule has 2 heterocycles. The van der Waals surface area contributed by atoms with Crippen LogP contribution in [-0.2, 0) is 9.59 Å². The fourth-order valence-electron chi connectivity index (χ4n) is 2.21. The van der Waals surface area contributed by atoms with E-state index >= 15 is 0 Å². The van der Waals surface area contributed by atoms with Crippen LogP contribution in [-0.4, -0.2) is 34.2 Å². The lowest BCUT2D eigenvalue weighted by molar-refractivity contribution is -0.118. The highest BCUT2D eigenvalue weighted by molar-refractivity contribution is 7.71. The Hall–Kier alpha value is -3.27. The summed E-state index contributed by atoms with van der Waals surface area (Å²) in [5.41, 5.74) is 0.252. The van der Waals surface area contributed by atoms with Crippen LogP contribution >= 0.6 is 12.2 Å². The van der Waals surface area contributed by atoms with Gasteiger partial charge in [0.1, 0.15) is 11.7 Å². The molecule has 0 spiro atoms. The molecule has 2 amide bonds. The molecule has 9 nitrogen and oxygen atoms in total. The number of amides is 2. The molecule has 128 valence electrons. The van der Waals surface area contributed by atoms with E-state index in [1.54, 1.807) is 24.3 Å². The van der Waals surface area contributed by atoms with Crippen molar-refractivity contribution >= 4 is 41.4 Å². The van der Waals surface area contributed by atoms with Crippen molar-refractivity contribution in [2.45, 2.75) is 6.42 Å². The second-order valence-electron chi connectivity index (χ2n) is 5.17. The molecule has 0 unspecified atom stereocenters. The Morgan fingerprint density at radius 3 is 2.72 bits per heavy atom. The van der Waals surface area contributed by atoms with Gasteiger partial charge in [-0.1, -0.05) is 18.2 Å². The number of aromatic amines is 2. The second-order valence-corrected chi connectivity index (χ2v) is 5.58. The first-order chi connectivity index (χ1) is 12.0. The Morgan fingerprint density at radius 1 is 1.24 bits per heavy atom. The van der Waals surface area contributed by atoms with Crippen LogP contribution in [0.5, 0.6) is 0 Å². The summed E-state index contributed by atoms with van der Waals surface area (Å²) in [6.07, 6.45) is 0.00801. The summed E-state index contributed by atoms with van der Waals surface area (Å²) >= 11 is 4.84. The monoisotopic (exact) mass is 358 g/mol. The van der Waals surface area contributed by atoms with Gasteiger partial charge in [-0.15, -0.1) is 0 Å². The van der Waals surface area contributed by atoms with Crippen molar-refractivity contribution in [2.24, 2.45) is 5.10 Å². The number of carbonyl (C=O) groups excluding carboxylic acids is 2.